The third-order valence-corrected chi connectivity index (χ3v) is 5.73. The largest absolute Gasteiger partial charge is 0.497 e. The molecular formula is C25H31N3O6. The van der Waals surface area contributed by atoms with Crippen molar-refractivity contribution >= 4 is 17.8 Å². The number of amides is 4. The van der Waals surface area contributed by atoms with Gasteiger partial charge in [0.25, 0.3) is 5.91 Å². The summed E-state index contributed by atoms with van der Waals surface area (Å²) in [6.07, 6.45) is 1.58. The van der Waals surface area contributed by atoms with E-state index in [1.54, 1.807) is 21.3 Å². The summed E-state index contributed by atoms with van der Waals surface area (Å²) in [6, 6.07) is 12.0. The first-order valence-corrected chi connectivity index (χ1v) is 11.2. The van der Waals surface area contributed by atoms with E-state index < -0.39 is 12.1 Å². The molecule has 34 heavy (non-hydrogen) atoms. The lowest BCUT2D eigenvalue weighted by atomic mass is 10.1. The van der Waals surface area contributed by atoms with Gasteiger partial charge in [0.2, 0.25) is 5.91 Å². The number of ether oxygens (including phenoxy) is 3. The number of nitrogens with zero attached hydrogens (tertiary/aromatic N) is 1. The summed E-state index contributed by atoms with van der Waals surface area (Å²) in [5.74, 6) is 1.58. The quantitative estimate of drug-likeness (QED) is 0.462. The zero-order chi connectivity index (χ0) is 24.5. The van der Waals surface area contributed by atoms with Crippen LogP contribution in [0.3, 0.4) is 0 Å². The second-order valence-electron chi connectivity index (χ2n) is 7.92. The molecule has 182 valence electrons. The number of imide groups is 1. The van der Waals surface area contributed by atoms with Crippen molar-refractivity contribution in [2.45, 2.75) is 31.7 Å². The smallest absolute Gasteiger partial charge is 0.324 e. The summed E-state index contributed by atoms with van der Waals surface area (Å²) >= 11 is 0. The molecule has 2 N–H and O–H groups in total. The summed E-state index contributed by atoms with van der Waals surface area (Å²) in [4.78, 5) is 38.3. The lowest BCUT2D eigenvalue weighted by Crippen LogP contribution is -2.34. The fraction of sp³-hybridized carbons (Fsp3) is 0.400. The molecule has 0 saturated carbocycles. The van der Waals surface area contributed by atoms with Crippen LogP contribution in [-0.4, -0.2) is 63.2 Å². The van der Waals surface area contributed by atoms with E-state index in [-0.39, 0.29) is 31.2 Å². The highest BCUT2D eigenvalue weighted by Gasteiger charge is 2.37. The van der Waals surface area contributed by atoms with E-state index in [2.05, 4.69) is 10.6 Å². The number of benzene rings is 2. The maximum absolute atomic E-state index is 12.6. The lowest BCUT2D eigenvalue weighted by Gasteiger charge is -2.13. The summed E-state index contributed by atoms with van der Waals surface area (Å²) in [6.45, 7) is 0.734. The minimum Gasteiger partial charge on any atom is -0.497 e. The van der Waals surface area contributed by atoms with Crippen LogP contribution in [0.5, 0.6) is 17.2 Å². The molecule has 1 unspecified atom stereocenters. The van der Waals surface area contributed by atoms with Gasteiger partial charge in [-0.15, -0.1) is 0 Å². The summed E-state index contributed by atoms with van der Waals surface area (Å²) in [7, 11) is 4.75. The Morgan fingerprint density at radius 1 is 0.941 bits per heavy atom. The standard InChI is InChI=1S/C25H31N3O6/c1-32-19-7-4-17(5-8-19)13-15-28-24(30)20(27-25(28)31)9-11-23(29)26-14-12-18-6-10-21(33-2)22(16-18)34-3/h4-8,10,16,20H,9,11-15H2,1-3H3,(H,26,29)(H,27,31). The number of rotatable bonds is 12. The first kappa shape index (κ1) is 24.9. The number of carbonyl (C=O) groups is 3. The average molecular weight is 470 g/mol. The third-order valence-electron chi connectivity index (χ3n) is 5.73. The van der Waals surface area contributed by atoms with Crippen LogP contribution in [-0.2, 0) is 22.4 Å². The Bertz CT molecular complexity index is 1010. The molecule has 0 aromatic heterocycles. The maximum atomic E-state index is 12.6. The predicted molar refractivity (Wildman–Crippen MR) is 126 cm³/mol. The molecule has 4 amide bonds. The van der Waals surface area contributed by atoms with Crippen molar-refractivity contribution in [3.8, 4) is 17.2 Å². The van der Waals surface area contributed by atoms with E-state index in [4.69, 9.17) is 14.2 Å². The molecule has 1 aliphatic heterocycles. The fourth-order valence-electron chi connectivity index (χ4n) is 3.76. The molecule has 0 bridgehead atoms. The Morgan fingerprint density at radius 3 is 2.32 bits per heavy atom. The van der Waals surface area contributed by atoms with Gasteiger partial charge in [-0.25, -0.2) is 4.79 Å². The Morgan fingerprint density at radius 2 is 1.65 bits per heavy atom. The van der Waals surface area contributed by atoms with Gasteiger partial charge in [0.15, 0.2) is 11.5 Å². The van der Waals surface area contributed by atoms with Crippen LogP contribution in [0.4, 0.5) is 4.79 Å². The summed E-state index contributed by atoms with van der Waals surface area (Å²) < 4.78 is 15.7. The van der Waals surface area contributed by atoms with Gasteiger partial charge in [-0.05, 0) is 54.7 Å². The molecule has 9 nitrogen and oxygen atoms in total. The zero-order valence-electron chi connectivity index (χ0n) is 19.8. The van der Waals surface area contributed by atoms with Crippen LogP contribution in [0.2, 0.25) is 0 Å². The van der Waals surface area contributed by atoms with Crippen LogP contribution < -0.4 is 24.8 Å². The lowest BCUT2D eigenvalue weighted by molar-refractivity contribution is -0.127. The van der Waals surface area contributed by atoms with Crippen molar-refractivity contribution in [2.24, 2.45) is 0 Å². The second kappa shape index (κ2) is 11.9. The molecule has 1 fully saturated rings. The van der Waals surface area contributed by atoms with E-state index in [1.165, 1.54) is 4.90 Å². The zero-order valence-corrected chi connectivity index (χ0v) is 19.8. The van der Waals surface area contributed by atoms with Crippen LogP contribution in [0.15, 0.2) is 42.5 Å². The molecule has 1 aliphatic rings. The highest BCUT2D eigenvalue weighted by molar-refractivity contribution is 6.04. The van der Waals surface area contributed by atoms with E-state index in [0.29, 0.717) is 30.9 Å². The topological polar surface area (TPSA) is 106 Å². The highest BCUT2D eigenvalue weighted by atomic mass is 16.5. The van der Waals surface area contributed by atoms with Crippen molar-refractivity contribution in [1.82, 2.24) is 15.5 Å². The van der Waals surface area contributed by atoms with Gasteiger partial charge in [0.05, 0.1) is 21.3 Å². The average Bonchev–Trinajstić information content (AvgIpc) is 3.13. The molecule has 3 rings (SSSR count). The third kappa shape index (κ3) is 6.40. The van der Waals surface area contributed by atoms with Crippen molar-refractivity contribution in [1.29, 1.82) is 0 Å². The van der Waals surface area contributed by atoms with Crippen LogP contribution in [0.1, 0.15) is 24.0 Å². The molecule has 9 heteroatoms. The number of hydrogen-bond donors (Lipinski definition) is 2. The van der Waals surface area contributed by atoms with E-state index in [1.807, 2.05) is 42.5 Å². The Hall–Kier alpha value is -3.75. The number of carbonyl (C=O) groups excluding carboxylic acids is 3. The van der Waals surface area contributed by atoms with E-state index in [0.717, 1.165) is 16.9 Å². The minimum atomic E-state index is -0.681. The van der Waals surface area contributed by atoms with Gasteiger partial charge in [0, 0.05) is 19.5 Å². The van der Waals surface area contributed by atoms with Crippen LogP contribution >= 0.6 is 0 Å². The highest BCUT2D eigenvalue weighted by Crippen LogP contribution is 2.27. The monoisotopic (exact) mass is 469 g/mol. The molecule has 2 aromatic rings. The minimum absolute atomic E-state index is 0.148. The number of nitrogens with one attached hydrogen (secondary N) is 2. The van der Waals surface area contributed by atoms with Gasteiger partial charge in [-0.3, -0.25) is 14.5 Å². The van der Waals surface area contributed by atoms with E-state index in [9.17, 15) is 14.4 Å². The van der Waals surface area contributed by atoms with Crippen molar-refractivity contribution in [3.05, 3.63) is 53.6 Å². The van der Waals surface area contributed by atoms with Gasteiger partial charge < -0.3 is 24.8 Å². The maximum Gasteiger partial charge on any atom is 0.324 e. The number of urea groups is 1. The number of methoxy groups -OCH3 is 3. The molecule has 0 aliphatic carbocycles. The Labute approximate surface area is 199 Å². The number of hydrogen-bond acceptors (Lipinski definition) is 6. The van der Waals surface area contributed by atoms with Crippen LogP contribution in [0, 0.1) is 0 Å². The summed E-state index contributed by atoms with van der Waals surface area (Å²) in [5.41, 5.74) is 2.00. The van der Waals surface area contributed by atoms with Gasteiger partial charge in [0.1, 0.15) is 11.8 Å². The molecular weight excluding hydrogens is 438 g/mol. The van der Waals surface area contributed by atoms with Gasteiger partial charge in [-0.2, -0.15) is 0 Å². The van der Waals surface area contributed by atoms with Gasteiger partial charge in [-0.1, -0.05) is 18.2 Å². The normalized spacial score (nSPS) is 15.1. The van der Waals surface area contributed by atoms with Crippen molar-refractivity contribution in [3.63, 3.8) is 0 Å². The van der Waals surface area contributed by atoms with Crippen LogP contribution in [0.25, 0.3) is 0 Å². The van der Waals surface area contributed by atoms with Crippen molar-refractivity contribution in [2.75, 3.05) is 34.4 Å². The molecule has 0 radical (unpaired) electrons. The first-order chi connectivity index (χ1) is 16.4. The second-order valence-corrected chi connectivity index (χ2v) is 7.92. The SMILES string of the molecule is COc1ccc(CCN2C(=O)NC(CCC(=O)NCCc3ccc(OC)c(OC)c3)C2=O)cc1. The predicted octanol–water partition coefficient (Wildman–Crippen LogP) is 2.31. The molecule has 1 saturated heterocycles. The molecule has 1 atom stereocenters. The Kier molecular flexibility index (Phi) is 8.73. The van der Waals surface area contributed by atoms with E-state index >= 15 is 0 Å². The molecule has 0 spiro atoms. The first-order valence-electron chi connectivity index (χ1n) is 11.2. The molecule has 1 heterocycles. The Balaban J connectivity index is 1.40. The molecule has 2 aromatic carbocycles. The fourth-order valence-corrected chi connectivity index (χ4v) is 3.76. The van der Waals surface area contributed by atoms with Crippen molar-refractivity contribution < 1.29 is 28.6 Å². The van der Waals surface area contributed by atoms with Gasteiger partial charge >= 0.3 is 6.03 Å². The summed E-state index contributed by atoms with van der Waals surface area (Å²) in [5, 5.41) is 5.54.